The Morgan fingerprint density at radius 3 is 2.70 bits per heavy atom. The second kappa shape index (κ2) is 10.9. The molecule has 1 aliphatic heterocycles. The van der Waals surface area contributed by atoms with Crippen LogP contribution in [-0.4, -0.2) is 53.7 Å². The molecule has 0 aliphatic carbocycles. The Kier molecular flexibility index (Phi) is 7.07. The Morgan fingerprint density at radius 1 is 1.11 bits per heavy atom. The first-order valence-corrected chi connectivity index (χ1v) is 13.2. The second-order valence-electron chi connectivity index (χ2n) is 10.2. The highest BCUT2D eigenvalue weighted by molar-refractivity contribution is 6.07. The van der Waals surface area contributed by atoms with Crippen LogP contribution in [0.1, 0.15) is 24.5 Å². The van der Waals surface area contributed by atoms with E-state index >= 15 is 0 Å². The van der Waals surface area contributed by atoms with Crippen molar-refractivity contribution in [2.24, 2.45) is 11.0 Å². The molecule has 224 valence electrons. The lowest BCUT2D eigenvalue weighted by atomic mass is 9.94. The topological polar surface area (TPSA) is 144 Å². The molecule has 0 saturated carbocycles. The summed E-state index contributed by atoms with van der Waals surface area (Å²) in [6.07, 6.45) is -0.442. The Labute approximate surface area is 245 Å². The number of hydroxylamine groups is 1. The quantitative estimate of drug-likeness (QED) is 0.263. The van der Waals surface area contributed by atoms with Gasteiger partial charge in [-0.25, -0.2) is 19.2 Å². The molecule has 4 heterocycles. The number of imidazole rings is 1. The van der Waals surface area contributed by atoms with Crippen LogP contribution >= 0.6 is 0 Å². The number of nitrogens with one attached hydrogen (secondary N) is 1. The molecule has 3 aromatic heterocycles. The van der Waals surface area contributed by atoms with E-state index in [4.69, 9.17) is 5.73 Å². The number of hydrazone groups is 1. The maximum absolute atomic E-state index is 13.6. The number of aromatic nitrogens is 5. The molecule has 1 amide bonds. The molecule has 0 spiro atoms. The number of carbonyl (C=O) groups is 2. The lowest BCUT2D eigenvalue weighted by molar-refractivity contribution is -0.238. The summed E-state index contributed by atoms with van der Waals surface area (Å²) in [6, 6.07) is 13.0. The summed E-state index contributed by atoms with van der Waals surface area (Å²) in [4.78, 5) is 39.8. The highest BCUT2D eigenvalue weighted by Gasteiger charge is 2.44. The molecule has 44 heavy (non-hydrogen) atoms. The van der Waals surface area contributed by atoms with Gasteiger partial charge < -0.3 is 15.6 Å². The number of aromatic amines is 1. The van der Waals surface area contributed by atoms with Gasteiger partial charge in [-0.15, -0.1) is 5.10 Å². The average Bonchev–Trinajstić information content (AvgIpc) is 3.61. The van der Waals surface area contributed by atoms with Crippen molar-refractivity contribution in [2.45, 2.75) is 26.1 Å². The number of hydrogen-bond donors (Lipinski definition) is 2. The molecule has 1 atom stereocenters. The van der Waals surface area contributed by atoms with Gasteiger partial charge in [-0.2, -0.15) is 18.3 Å². The minimum Gasteiger partial charge on any atom is -0.383 e. The van der Waals surface area contributed by atoms with Crippen LogP contribution in [0.15, 0.2) is 72.2 Å². The minimum absolute atomic E-state index is 0.0753. The third-order valence-corrected chi connectivity index (χ3v) is 6.91. The zero-order valence-corrected chi connectivity index (χ0v) is 22.8. The molecular formula is C29H22F4N8O3. The number of hydrogen-bond acceptors (Lipinski definition) is 8. The van der Waals surface area contributed by atoms with E-state index in [-0.39, 0.29) is 28.9 Å². The van der Waals surface area contributed by atoms with Gasteiger partial charge in [-0.05, 0) is 35.9 Å². The van der Waals surface area contributed by atoms with Crippen LogP contribution in [0.25, 0.3) is 33.5 Å². The molecule has 3 N–H and O–H groups in total. The molecule has 1 unspecified atom stereocenters. The van der Waals surface area contributed by atoms with Crippen LogP contribution in [0.3, 0.4) is 0 Å². The first kappa shape index (κ1) is 28.5. The van der Waals surface area contributed by atoms with Crippen LogP contribution in [0.2, 0.25) is 0 Å². The highest BCUT2D eigenvalue weighted by Crippen LogP contribution is 2.31. The Bertz CT molecular complexity index is 1950. The number of nitrogen functional groups attached to an aromatic ring is 1. The molecule has 2 aromatic carbocycles. The van der Waals surface area contributed by atoms with E-state index in [9.17, 15) is 27.2 Å². The normalized spacial score (nSPS) is 15.5. The third kappa shape index (κ3) is 5.71. The molecule has 1 aliphatic rings. The van der Waals surface area contributed by atoms with E-state index in [0.717, 1.165) is 11.1 Å². The fourth-order valence-electron chi connectivity index (χ4n) is 4.77. The SMILES string of the molecule is CC1CC(=O)N(OC(=O)C(F)(F)F)N=C1c1ccc2nc(-c3cc(-c4cnn(Cc5cccc(F)c5)c4)cnc3N)[nH]c2c1. The predicted molar refractivity (Wildman–Crippen MR) is 150 cm³/mol. The average molecular weight is 607 g/mol. The monoisotopic (exact) mass is 606 g/mol. The highest BCUT2D eigenvalue weighted by atomic mass is 19.4. The number of nitrogens with two attached hydrogens (primary N) is 1. The van der Waals surface area contributed by atoms with E-state index in [0.29, 0.717) is 40.1 Å². The zero-order valence-electron chi connectivity index (χ0n) is 22.8. The number of halogens is 4. The van der Waals surface area contributed by atoms with E-state index in [1.54, 1.807) is 66.6 Å². The van der Waals surface area contributed by atoms with Crippen molar-refractivity contribution < 1.29 is 32.0 Å². The summed E-state index contributed by atoms with van der Waals surface area (Å²) in [5.74, 6) is -3.61. The number of pyridine rings is 1. The number of fused-ring (bicyclic) bond motifs is 1. The maximum atomic E-state index is 13.6. The summed E-state index contributed by atoms with van der Waals surface area (Å²) < 4.78 is 53.3. The van der Waals surface area contributed by atoms with Gasteiger partial charge in [-0.3, -0.25) is 9.48 Å². The first-order valence-electron chi connectivity index (χ1n) is 13.2. The number of amides is 1. The maximum Gasteiger partial charge on any atom is 0.493 e. The lowest BCUT2D eigenvalue weighted by Gasteiger charge is -2.26. The lowest BCUT2D eigenvalue weighted by Crippen LogP contribution is -2.40. The van der Waals surface area contributed by atoms with Gasteiger partial charge in [0.25, 0.3) is 5.91 Å². The summed E-state index contributed by atoms with van der Waals surface area (Å²) in [5.41, 5.74) is 10.8. The van der Waals surface area contributed by atoms with Crippen LogP contribution in [-0.2, 0) is 21.0 Å². The minimum atomic E-state index is -5.29. The van der Waals surface area contributed by atoms with Crippen LogP contribution in [0.4, 0.5) is 23.4 Å². The van der Waals surface area contributed by atoms with Gasteiger partial charge in [0, 0.05) is 41.4 Å². The fourth-order valence-corrected chi connectivity index (χ4v) is 4.77. The largest absolute Gasteiger partial charge is 0.493 e. The molecule has 0 fully saturated rings. The fraction of sp³-hybridized carbons (Fsp3) is 0.172. The summed E-state index contributed by atoms with van der Waals surface area (Å²) in [7, 11) is 0. The smallest absolute Gasteiger partial charge is 0.383 e. The number of benzene rings is 2. The van der Waals surface area contributed by atoms with Gasteiger partial charge in [0.2, 0.25) is 0 Å². The van der Waals surface area contributed by atoms with E-state index in [1.807, 2.05) is 0 Å². The third-order valence-electron chi connectivity index (χ3n) is 6.91. The van der Waals surface area contributed by atoms with E-state index in [1.165, 1.54) is 12.1 Å². The van der Waals surface area contributed by atoms with Gasteiger partial charge in [0.1, 0.15) is 17.5 Å². The molecule has 0 radical (unpaired) electrons. The molecule has 15 heteroatoms. The van der Waals surface area contributed by atoms with Crippen molar-refractivity contribution in [1.29, 1.82) is 0 Å². The van der Waals surface area contributed by atoms with E-state index < -0.39 is 24.0 Å². The Balaban J connectivity index is 1.28. The number of H-pyrrole nitrogens is 1. The van der Waals surface area contributed by atoms with Crippen molar-refractivity contribution in [2.75, 3.05) is 5.73 Å². The van der Waals surface area contributed by atoms with Gasteiger partial charge in [0.05, 0.1) is 35.1 Å². The van der Waals surface area contributed by atoms with Crippen molar-refractivity contribution in [3.63, 3.8) is 0 Å². The number of nitrogens with zero attached hydrogens (tertiary/aromatic N) is 6. The van der Waals surface area contributed by atoms with E-state index in [2.05, 4.69) is 30.0 Å². The predicted octanol–water partition coefficient (Wildman–Crippen LogP) is 4.85. The Morgan fingerprint density at radius 2 is 1.93 bits per heavy atom. The van der Waals surface area contributed by atoms with Gasteiger partial charge in [0.15, 0.2) is 0 Å². The number of rotatable bonds is 6. The number of anilines is 1. The zero-order chi connectivity index (χ0) is 31.2. The van der Waals surface area contributed by atoms with Gasteiger partial charge >= 0.3 is 12.1 Å². The number of carbonyl (C=O) groups excluding carboxylic acids is 2. The van der Waals surface area contributed by atoms with Crippen molar-refractivity contribution in [1.82, 2.24) is 29.9 Å². The molecule has 6 rings (SSSR count). The molecule has 0 saturated heterocycles. The molecule has 11 nitrogen and oxygen atoms in total. The standard InChI is InChI=1S/C29H22F4N8O3/c1-15-7-24(42)41(44-28(43)29(31,32)33)39-25(15)17-5-6-22-23(10-17)38-27(37-22)21-9-18(11-35-26(21)34)19-12-36-40(14-19)13-16-3-2-4-20(30)8-16/h2-6,8-12,14-15H,7,13H2,1H3,(H2,34,35)(H,37,38). The van der Waals surface area contributed by atoms with Crippen molar-refractivity contribution in [3.8, 4) is 22.5 Å². The summed E-state index contributed by atoms with van der Waals surface area (Å²) in [6.45, 7) is 2.06. The van der Waals surface area contributed by atoms with Gasteiger partial charge in [-0.1, -0.05) is 30.3 Å². The van der Waals surface area contributed by atoms with Crippen molar-refractivity contribution in [3.05, 3.63) is 84.1 Å². The summed E-state index contributed by atoms with van der Waals surface area (Å²) in [5, 5.41) is 8.34. The van der Waals surface area contributed by atoms with Crippen LogP contribution in [0, 0.1) is 11.7 Å². The second-order valence-corrected chi connectivity index (χ2v) is 10.2. The van der Waals surface area contributed by atoms with Crippen molar-refractivity contribution >= 4 is 34.4 Å². The molecule has 0 bridgehead atoms. The van der Waals surface area contributed by atoms with Crippen LogP contribution < -0.4 is 5.73 Å². The Hall–Kier alpha value is -5.60. The molecular weight excluding hydrogens is 584 g/mol. The molecule has 5 aromatic rings. The summed E-state index contributed by atoms with van der Waals surface area (Å²) >= 11 is 0. The van der Waals surface area contributed by atoms with Crippen LogP contribution in [0.5, 0.6) is 0 Å². The number of alkyl halides is 3. The first-order chi connectivity index (χ1) is 20.9.